The van der Waals surface area contributed by atoms with Gasteiger partial charge in [-0.1, -0.05) is 30.3 Å². The topological polar surface area (TPSA) is 112 Å². The van der Waals surface area contributed by atoms with Gasteiger partial charge in [0.25, 0.3) is 5.91 Å². The number of hydrogen-bond donors (Lipinski definition) is 2. The summed E-state index contributed by atoms with van der Waals surface area (Å²) in [5, 5.41) is 15.5. The molecule has 2 aliphatic rings. The summed E-state index contributed by atoms with van der Waals surface area (Å²) in [7, 11) is 0. The highest BCUT2D eigenvalue weighted by atomic mass is 16.6. The van der Waals surface area contributed by atoms with Gasteiger partial charge in [-0.2, -0.15) is 5.26 Å². The second-order valence-electron chi connectivity index (χ2n) is 10.9. The molecule has 0 aromatic heterocycles. The lowest BCUT2D eigenvalue weighted by atomic mass is 9.97. The Morgan fingerprint density at radius 1 is 1.14 bits per heavy atom. The molecule has 2 bridgehead atoms. The number of anilines is 1. The van der Waals surface area contributed by atoms with E-state index in [1.807, 2.05) is 31.2 Å². The summed E-state index contributed by atoms with van der Waals surface area (Å²) in [6.07, 6.45) is 2.30. The molecule has 3 amide bonds. The highest BCUT2D eigenvalue weighted by Gasteiger charge is 2.52. The normalized spacial score (nSPS) is 21.2. The van der Waals surface area contributed by atoms with Crippen molar-refractivity contribution in [1.29, 1.82) is 5.26 Å². The molecule has 2 aromatic rings. The van der Waals surface area contributed by atoms with Crippen LogP contribution in [0.5, 0.6) is 0 Å². The SMILES string of the molecule is Cc1ccccc1C(=O)Nc1cccc(CC(C#N)NC(=O)C2C3CCC(C3)N2C(=O)OC(C)(C)C)c1. The predicted molar refractivity (Wildman–Crippen MR) is 140 cm³/mol. The molecular weight excluding hydrogens is 468 g/mol. The molecule has 4 unspecified atom stereocenters. The van der Waals surface area contributed by atoms with Crippen LogP contribution in [0.15, 0.2) is 48.5 Å². The number of hydrogen-bond acceptors (Lipinski definition) is 5. The summed E-state index contributed by atoms with van der Waals surface area (Å²) in [6.45, 7) is 7.29. The molecule has 8 heteroatoms. The first-order valence-electron chi connectivity index (χ1n) is 12.7. The maximum atomic E-state index is 13.3. The average Bonchev–Trinajstić information content (AvgIpc) is 3.45. The van der Waals surface area contributed by atoms with Crippen molar-refractivity contribution < 1.29 is 19.1 Å². The van der Waals surface area contributed by atoms with Gasteiger partial charge in [0.2, 0.25) is 5.91 Å². The van der Waals surface area contributed by atoms with Gasteiger partial charge < -0.3 is 15.4 Å². The fraction of sp³-hybridized carbons (Fsp3) is 0.448. The third-order valence-corrected chi connectivity index (χ3v) is 6.94. The van der Waals surface area contributed by atoms with Crippen LogP contribution < -0.4 is 10.6 Å². The van der Waals surface area contributed by atoms with E-state index in [2.05, 4.69) is 16.7 Å². The third kappa shape index (κ3) is 6.11. The van der Waals surface area contributed by atoms with Crippen molar-refractivity contribution in [2.45, 2.75) is 77.1 Å². The number of nitrogens with one attached hydrogen (secondary N) is 2. The van der Waals surface area contributed by atoms with Crippen molar-refractivity contribution in [3.05, 3.63) is 65.2 Å². The maximum Gasteiger partial charge on any atom is 0.411 e. The molecule has 2 N–H and O–H groups in total. The van der Waals surface area contributed by atoms with Crippen LogP contribution >= 0.6 is 0 Å². The Kier molecular flexibility index (Phi) is 7.53. The molecule has 37 heavy (non-hydrogen) atoms. The zero-order chi connectivity index (χ0) is 26.7. The molecule has 8 nitrogen and oxygen atoms in total. The summed E-state index contributed by atoms with van der Waals surface area (Å²) in [4.78, 5) is 40.5. The zero-order valence-corrected chi connectivity index (χ0v) is 21.8. The fourth-order valence-corrected chi connectivity index (χ4v) is 5.33. The lowest BCUT2D eigenvalue weighted by molar-refractivity contribution is -0.128. The molecule has 194 valence electrons. The molecule has 1 saturated heterocycles. The monoisotopic (exact) mass is 502 g/mol. The van der Waals surface area contributed by atoms with Gasteiger partial charge >= 0.3 is 6.09 Å². The first-order chi connectivity index (χ1) is 17.6. The number of fused-ring (bicyclic) bond motifs is 2. The first-order valence-corrected chi connectivity index (χ1v) is 12.7. The van der Waals surface area contributed by atoms with E-state index in [0.29, 0.717) is 11.3 Å². The van der Waals surface area contributed by atoms with Crippen LogP contribution in [-0.2, 0) is 16.0 Å². The number of carbonyl (C=O) groups excluding carboxylic acids is 3. The number of likely N-dealkylation sites (tertiary alicyclic amines) is 1. The van der Waals surface area contributed by atoms with Crippen LogP contribution in [-0.4, -0.2) is 46.5 Å². The molecule has 1 heterocycles. The molecule has 4 rings (SSSR count). The van der Waals surface area contributed by atoms with Gasteiger partial charge in [0.05, 0.1) is 6.07 Å². The summed E-state index contributed by atoms with van der Waals surface area (Å²) < 4.78 is 5.57. The Morgan fingerprint density at radius 3 is 2.59 bits per heavy atom. The largest absolute Gasteiger partial charge is 0.444 e. The molecule has 0 radical (unpaired) electrons. The third-order valence-electron chi connectivity index (χ3n) is 6.94. The number of nitriles is 1. The van der Waals surface area contributed by atoms with E-state index in [1.54, 1.807) is 49.9 Å². The van der Waals surface area contributed by atoms with E-state index in [9.17, 15) is 19.6 Å². The van der Waals surface area contributed by atoms with E-state index in [-0.39, 0.29) is 30.2 Å². The summed E-state index contributed by atoms with van der Waals surface area (Å²) in [6, 6.07) is 15.3. The predicted octanol–water partition coefficient (Wildman–Crippen LogP) is 4.59. The van der Waals surface area contributed by atoms with Crippen LogP contribution in [0.25, 0.3) is 0 Å². The van der Waals surface area contributed by atoms with Gasteiger partial charge in [-0.3, -0.25) is 14.5 Å². The standard InChI is InChI=1S/C29H34N4O4/c1-18-8-5-6-11-24(18)26(34)31-21-10-7-9-19(14-21)15-22(17-30)32-27(35)25-20-12-13-23(16-20)33(25)28(36)37-29(2,3)4/h5-11,14,20,22-23,25H,12-13,15-16H2,1-4H3,(H,31,34)(H,32,35). The minimum Gasteiger partial charge on any atom is -0.444 e. The highest BCUT2D eigenvalue weighted by molar-refractivity contribution is 6.05. The number of aryl methyl sites for hydroxylation is 1. The first kappa shape index (κ1) is 26.2. The van der Waals surface area contributed by atoms with E-state index in [0.717, 1.165) is 30.4 Å². The second-order valence-corrected chi connectivity index (χ2v) is 10.9. The Morgan fingerprint density at radius 2 is 1.89 bits per heavy atom. The number of nitrogens with zero attached hydrogens (tertiary/aromatic N) is 2. The van der Waals surface area contributed by atoms with Crippen LogP contribution in [0.2, 0.25) is 0 Å². The Bertz CT molecular complexity index is 1230. The lowest BCUT2D eigenvalue weighted by Crippen LogP contribution is -2.55. The number of piperidine rings is 1. The van der Waals surface area contributed by atoms with Crippen molar-refractivity contribution in [1.82, 2.24) is 10.2 Å². The lowest BCUT2D eigenvalue weighted by Gasteiger charge is -2.35. The highest BCUT2D eigenvalue weighted by Crippen LogP contribution is 2.43. The van der Waals surface area contributed by atoms with Crippen molar-refractivity contribution in [2.24, 2.45) is 5.92 Å². The van der Waals surface area contributed by atoms with Gasteiger partial charge in [0.1, 0.15) is 17.7 Å². The minimum atomic E-state index is -0.783. The Hall–Kier alpha value is -3.86. The Balaban J connectivity index is 1.42. The zero-order valence-electron chi connectivity index (χ0n) is 21.8. The van der Waals surface area contributed by atoms with E-state index in [1.165, 1.54) is 0 Å². The maximum absolute atomic E-state index is 13.3. The van der Waals surface area contributed by atoms with E-state index < -0.39 is 23.8 Å². The van der Waals surface area contributed by atoms with Crippen molar-refractivity contribution >= 4 is 23.6 Å². The molecular formula is C29H34N4O4. The molecule has 0 spiro atoms. The van der Waals surface area contributed by atoms with Crippen molar-refractivity contribution in [2.75, 3.05) is 5.32 Å². The number of carbonyl (C=O) groups is 3. The van der Waals surface area contributed by atoms with Gasteiger partial charge in [-0.25, -0.2) is 4.79 Å². The molecule has 2 aromatic carbocycles. The van der Waals surface area contributed by atoms with Crippen molar-refractivity contribution in [3.63, 3.8) is 0 Å². The average molecular weight is 503 g/mol. The van der Waals surface area contributed by atoms with Gasteiger partial charge in [0, 0.05) is 23.7 Å². The quantitative estimate of drug-likeness (QED) is 0.600. The van der Waals surface area contributed by atoms with Crippen molar-refractivity contribution in [3.8, 4) is 6.07 Å². The molecule has 1 saturated carbocycles. The van der Waals surface area contributed by atoms with E-state index in [4.69, 9.17) is 4.74 Å². The second kappa shape index (κ2) is 10.6. The van der Waals surface area contributed by atoms with E-state index >= 15 is 0 Å². The minimum absolute atomic E-state index is 0.00956. The Labute approximate surface area is 218 Å². The summed E-state index contributed by atoms with van der Waals surface area (Å²) in [5.74, 6) is -0.468. The summed E-state index contributed by atoms with van der Waals surface area (Å²) >= 11 is 0. The number of benzene rings is 2. The summed E-state index contributed by atoms with van der Waals surface area (Å²) in [5.41, 5.74) is 2.22. The molecule has 1 aliphatic heterocycles. The molecule has 1 aliphatic carbocycles. The van der Waals surface area contributed by atoms with Gasteiger partial charge in [0.15, 0.2) is 0 Å². The van der Waals surface area contributed by atoms with Crippen LogP contribution in [0.3, 0.4) is 0 Å². The number of ether oxygens (including phenoxy) is 1. The van der Waals surface area contributed by atoms with Gasteiger partial charge in [-0.05, 0) is 82.2 Å². The van der Waals surface area contributed by atoms with Crippen LogP contribution in [0.1, 0.15) is 61.5 Å². The van der Waals surface area contributed by atoms with Gasteiger partial charge in [-0.15, -0.1) is 0 Å². The molecule has 2 fully saturated rings. The number of rotatable bonds is 6. The molecule has 4 atom stereocenters. The number of amides is 3. The smallest absolute Gasteiger partial charge is 0.411 e. The van der Waals surface area contributed by atoms with Crippen LogP contribution in [0.4, 0.5) is 10.5 Å². The fourth-order valence-electron chi connectivity index (χ4n) is 5.33. The van der Waals surface area contributed by atoms with Crippen LogP contribution in [0, 0.1) is 24.2 Å².